The molecule has 29 heavy (non-hydrogen) atoms. The van der Waals surface area contributed by atoms with Crippen molar-refractivity contribution in [1.29, 1.82) is 0 Å². The van der Waals surface area contributed by atoms with Crippen molar-refractivity contribution in [3.8, 4) is 11.5 Å². The summed E-state index contributed by atoms with van der Waals surface area (Å²) in [5, 5.41) is 4.38. The monoisotopic (exact) mass is 391 g/mol. The molecule has 0 spiro atoms. The van der Waals surface area contributed by atoms with Crippen LogP contribution in [-0.4, -0.2) is 62.8 Å². The average Bonchev–Trinajstić information content (AvgIpc) is 3.36. The summed E-state index contributed by atoms with van der Waals surface area (Å²) in [6.07, 6.45) is 6.63. The van der Waals surface area contributed by atoms with Gasteiger partial charge in [0.25, 0.3) is 5.91 Å². The van der Waals surface area contributed by atoms with Gasteiger partial charge in [0.2, 0.25) is 6.79 Å². The molecule has 148 valence electrons. The minimum absolute atomic E-state index is 0.0878. The first-order chi connectivity index (χ1) is 14.3. The molecule has 0 radical (unpaired) electrons. The zero-order valence-electron chi connectivity index (χ0n) is 15.9. The Balaban J connectivity index is 1.11. The quantitative estimate of drug-likeness (QED) is 0.678. The summed E-state index contributed by atoms with van der Waals surface area (Å²) in [6, 6.07) is 7.66. The highest BCUT2D eigenvalue weighted by molar-refractivity contribution is 5.95. The largest absolute Gasteiger partial charge is 0.454 e. The summed E-state index contributed by atoms with van der Waals surface area (Å²) in [5.74, 6) is 1.98. The van der Waals surface area contributed by atoms with Crippen LogP contribution in [0.2, 0.25) is 0 Å². The van der Waals surface area contributed by atoms with Gasteiger partial charge in [0.05, 0.1) is 6.20 Å². The maximum absolute atomic E-state index is 13.0. The van der Waals surface area contributed by atoms with Crippen molar-refractivity contribution in [3.05, 3.63) is 54.0 Å². The van der Waals surface area contributed by atoms with Gasteiger partial charge >= 0.3 is 0 Å². The molecular formula is C21H21N5O3. The van der Waals surface area contributed by atoms with Gasteiger partial charge in [-0.2, -0.15) is 5.10 Å². The Morgan fingerprint density at radius 3 is 3.07 bits per heavy atom. The van der Waals surface area contributed by atoms with Gasteiger partial charge in [-0.25, -0.2) is 9.50 Å². The highest BCUT2D eigenvalue weighted by atomic mass is 16.7. The van der Waals surface area contributed by atoms with E-state index in [1.165, 1.54) is 0 Å². The summed E-state index contributed by atoms with van der Waals surface area (Å²) < 4.78 is 12.6. The van der Waals surface area contributed by atoms with Gasteiger partial charge in [-0.3, -0.25) is 9.69 Å². The molecule has 2 atom stereocenters. The van der Waals surface area contributed by atoms with E-state index in [-0.39, 0.29) is 12.7 Å². The van der Waals surface area contributed by atoms with E-state index in [2.05, 4.69) is 15.0 Å². The molecule has 2 fully saturated rings. The van der Waals surface area contributed by atoms with Crippen LogP contribution < -0.4 is 9.47 Å². The van der Waals surface area contributed by atoms with Gasteiger partial charge in [0.15, 0.2) is 17.1 Å². The zero-order valence-corrected chi connectivity index (χ0v) is 15.9. The van der Waals surface area contributed by atoms with Crippen molar-refractivity contribution in [2.24, 2.45) is 5.92 Å². The molecular weight excluding hydrogens is 370 g/mol. The van der Waals surface area contributed by atoms with Crippen molar-refractivity contribution in [2.45, 2.75) is 19.0 Å². The van der Waals surface area contributed by atoms with Crippen LogP contribution >= 0.6 is 0 Å². The van der Waals surface area contributed by atoms with Gasteiger partial charge < -0.3 is 14.4 Å². The lowest BCUT2D eigenvalue weighted by molar-refractivity contribution is -0.0292. The molecule has 1 amide bonds. The van der Waals surface area contributed by atoms with E-state index in [0.29, 0.717) is 29.0 Å². The number of carbonyl (C=O) groups is 1. The first-order valence-corrected chi connectivity index (χ1v) is 9.96. The molecule has 0 saturated carbocycles. The maximum atomic E-state index is 13.0. The topological polar surface area (TPSA) is 72.2 Å². The number of nitrogens with zero attached hydrogens (tertiary/aromatic N) is 5. The molecule has 3 aliphatic rings. The molecule has 3 aliphatic heterocycles. The third kappa shape index (κ3) is 2.74. The number of carbonyl (C=O) groups excluding carboxylic acids is 1. The predicted octanol–water partition coefficient (Wildman–Crippen LogP) is 1.80. The maximum Gasteiger partial charge on any atom is 0.254 e. The fraction of sp³-hybridized carbons (Fsp3) is 0.381. The summed E-state index contributed by atoms with van der Waals surface area (Å²) in [7, 11) is 0. The predicted molar refractivity (Wildman–Crippen MR) is 104 cm³/mol. The molecule has 0 unspecified atom stereocenters. The molecule has 0 bridgehead atoms. The molecule has 3 aromatic rings. The Morgan fingerprint density at radius 2 is 2.14 bits per heavy atom. The highest BCUT2D eigenvalue weighted by Gasteiger charge is 2.45. The lowest BCUT2D eigenvalue weighted by Crippen LogP contribution is -2.64. The van der Waals surface area contributed by atoms with E-state index in [4.69, 9.17) is 9.47 Å². The van der Waals surface area contributed by atoms with Crippen molar-refractivity contribution in [3.63, 3.8) is 0 Å². The van der Waals surface area contributed by atoms with Crippen LogP contribution in [0.25, 0.3) is 5.65 Å². The lowest BCUT2D eigenvalue weighted by Gasteiger charge is -2.53. The number of ether oxygens (including phenoxy) is 2. The van der Waals surface area contributed by atoms with E-state index < -0.39 is 0 Å². The second kappa shape index (κ2) is 6.45. The van der Waals surface area contributed by atoms with E-state index in [1.54, 1.807) is 12.3 Å². The third-order valence-electron chi connectivity index (χ3n) is 6.24. The molecule has 8 nitrogen and oxygen atoms in total. The molecule has 6 rings (SSSR count). The van der Waals surface area contributed by atoms with Gasteiger partial charge in [-0.05, 0) is 30.7 Å². The average molecular weight is 391 g/mol. The first kappa shape index (κ1) is 16.8. The van der Waals surface area contributed by atoms with Crippen LogP contribution in [0.15, 0.2) is 42.9 Å². The summed E-state index contributed by atoms with van der Waals surface area (Å²) in [5.41, 5.74) is 2.74. The number of hydrogen-bond acceptors (Lipinski definition) is 6. The number of amides is 1. The van der Waals surface area contributed by atoms with Crippen molar-refractivity contribution < 1.29 is 14.3 Å². The van der Waals surface area contributed by atoms with Gasteiger partial charge in [0, 0.05) is 61.7 Å². The smallest absolute Gasteiger partial charge is 0.254 e. The van der Waals surface area contributed by atoms with Crippen LogP contribution in [-0.2, 0) is 6.54 Å². The number of piperidine rings is 1. The standard InChI is InChI=1S/C21H21N5O3/c27-21(14-2-3-18-19(8-14)29-13-28-18)25-12-16-11-24(7-4-17(16)25)10-15-9-23-26-6-1-5-22-20(15)26/h1-3,5-6,8-9,16-17H,4,7,10-13H2/t16-,17-/m0/s1. The molecule has 5 heterocycles. The third-order valence-corrected chi connectivity index (χ3v) is 6.24. The fourth-order valence-corrected chi connectivity index (χ4v) is 4.74. The van der Waals surface area contributed by atoms with Crippen molar-refractivity contribution in [2.75, 3.05) is 26.4 Å². The molecule has 0 N–H and O–H groups in total. The molecule has 0 aliphatic carbocycles. The Labute approximate surface area is 167 Å². The van der Waals surface area contributed by atoms with E-state index in [9.17, 15) is 4.79 Å². The van der Waals surface area contributed by atoms with Crippen molar-refractivity contribution in [1.82, 2.24) is 24.4 Å². The van der Waals surface area contributed by atoms with Gasteiger partial charge in [-0.1, -0.05) is 0 Å². The van der Waals surface area contributed by atoms with Crippen LogP contribution in [0.1, 0.15) is 22.3 Å². The molecule has 2 saturated heterocycles. The lowest BCUT2D eigenvalue weighted by atomic mass is 9.82. The van der Waals surface area contributed by atoms with Crippen LogP contribution in [0.3, 0.4) is 0 Å². The Morgan fingerprint density at radius 1 is 1.21 bits per heavy atom. The summed E-state index contributed by atoms with van der Waals surface area (Å²) in [6.45, 7) is 3.84. The Bertz CT molecular complexity index is 1100. The SMILES string of the molecule is O=C(c1ccc2c(c1)OCO2)N1C[C@@H]2CN(Cc3cnn4cccnc34)CC[C@@H]21. The normalized spacial score (nSPS) is 23.1. The minimum Gasteiger partial charge on any atom is -0.454 e. The second-order valence-electron chi connectivity index (χ2n) is 7.93. The van der Waals surface area contributed by atoms with E-state index >= 15 is 0 Å². The summed E-state index contributed by atoms with van der Waals surface area (Å²) in [4.78, 5) is 21.9. The number of hydrogen-bond donors (Lipinski definition) is 0. The molecule has 1 aromatic carbocycles. The van der Waals surface area contributed by atoms with Crippen molar-refractivity contribution >= 4 is 11.6 Å². The second-order valence-corrected chi connectivity index (χ2v) is 7.93. The molecule has 2 aromatic heterocycles. The Hall–Kier alpha value is -3.13. The van der Waals surface area contributed by atoms with Crippen LogP contribution in [0.5, 0.6) is 11.5 Å². The number of fused-ring (bicyclic) bond motifs is 3. The highest BCUT2D eigenvalue weighted by Crippen LogP contribution is 2.37. The number of likely N-dealkylation sites (tertiary alicyclic amines) is 2. The number of rotatable bonds is 3. The summed E-state index contributed by atoms with van der Waals surface area (Å²) >= 11 is 0. The number of aromatic nitrogens is 3. The number of benzene rings is 1. The van der Waals surface area contributed by atoms with E-state index in [1.807, 2.05) is 40.0 Å². The zero-order chi connectivity index (χ0) is 19.4. The minimum atomic E-state index is 0.0878. The van der Waals surface area contributed by atoms with Crippen LogP contribution in [0.4, 0.5) is 0 Å². The van der Waals surface area contributed by atoms with Gasteiger partial charge in [-0.15, -0.1) is 0 Å². The Kier molecular flexibility index (Phi) is 3.73. The van der Waals surface area contributed by atoms with E-state index in [0.717, 1.165) is 43.8 Å². The van der Waals surface area contributed by atoms with Gasteiger partial charge in [0.1, 0.15) is 0 Å². The molecule has 8 heteroatoms. The first-order valence-electron chi connectivity index (χ1n) is 9.96. The fourth-order valence-electron chi connectivity index (χ4n) is 4.74. The van der Waals surface area contributed by atoms with Crippen LogP contribution in [0, 0.1) is 5.92 Å².